The van der Waals surface area contributed by atoms with Gasteiger partial charge < -0.3 is 0 Å². The first-order valence-electron chi connectivity index (χ1n) is 8.01. The van der Waals surface area contributed by atoms with E-state index in [4.69, 9.17) is 11.6 Å². The van der Waals surface area contributed by atoms with Crippen LogP contribution in [-0.4, -0.2) is 21.2 Å². The van der Waals surface area contributed by atoms with Crippen molar-refractivity contribution in [1.29, 1.82) is 0 Å². The average Bonchev–Trinajstić information content (AvgIpc) is 2.64. The highest BCUT2D eigenvalue weighted by Crippen LogP contribution is 2.11. The van der Waals surface area contributed by atoms with Crippen LogP contribution in [0.4, 0.5) is 0 Å². The van der Waals surface area contributed by atoms with E-state index in [0.717, 1.165) is 5.56 Å². The minimum absolute atomic E-state index is 0.139. The van der Waals surface area contributed by atoms with E-state index in [9.17, 15) is 9.59 Å². The number of fused-ring (bicyclic) bond motifs is 1. The number of hydrogen-bond acceptors (Lipinski definition) is 4. The normalized spacial score (nSPS) is 11.6. The Morgan fingerprint density at radius 1 is 1.19 bits per heavy atom. The Kier molecular flexibility index (Phi) is 5.14. The smallest absolute Gasteiger partial charge is 0.272 e. The molecule has 26 heavy (non-hydrogen) atoms. The molecule has 1 N–H and O–H groups in total. The molecule has 6 nitrogen and oxygen atoms in total. The molecule has 1 aromatic heterocycles. The number of amides is 1. The molecule has 1 heterocycles. The van der Waals surface area contributed by atoms with Gasteiger partial charge in [0.05, 0.1) is 16.7 Å². The van der Waals surface area contributed by atoms with Crippen molar-refractivity contribution in [2.75, 3.05) is 0 Å². The molecule has 0 unspecified atom stereocenters. The molecule has 1 amide bonds. The summed E-state index contributed by atoms with van der Waals surface area (Å²) in [5, 5.41) is 4.72. The third-order valence-electron chi connectivity index (χ3n) is 3.93. The van der Waals surface area contributed by atoms with Gasteiger partial charge in [0.15, 0.2) is 0 Å². The van der Waals surface area contributed by atoms with Crippen LogP contribution in [0.15, 0.2) is 58.4 Å². The van der Waals surface area contributed by atoms with Gasteiger partial charge in [-0.25, -0.2) is 10.4 Å². The maximum Gasteiger partial charge on any atom is 0.272 e. The van der Waals surface area contributed by atoms with Gasteiger partial charge in [0, 0.05) is 5.02 Å². The van der Waals surface area contributed by atoms with Crippen LogP contribution in [0.5, 0.6) is 0 Å². The highest BCUT2D eigenvalue weighted by atomic mass is 35.5. The molecule has 3 aromatic rings. The molecule has 0 aliphatic rings. The molecule has 3 rings (SSSR count). The lowest BCUT2D eigenvalue weighted by Crippen LogP contribution is -2.32. The molecule has 0 saturated carbocycles. The van der Waals surface area contributed by atoms with E-state index in [-0.39, 0.29) is 12.1 Å². The van der Waals surface area contributed by atoms with Crippen molar-refractivity contribution in [3.8, 4) is 0 Å². The molecule has 0 spiro atoms. The molecule has 2 aromatic carbocycles. The fraction of sp³-hybridized carbons (Fsp3) is 0.158. The Labute approximate surface area is 155 Å². The third kappa shape index (κ3) is 3.81. The fourth-order valence-corrected chi connectivity index (χ4v) is 2.68. The first-order valence-corrected chi connectivity index (χ1v) is 8.39. The van der Waals surface area contributed by atoms with Gasteiger partial charge in [-0.1, -0.05) is 35.9 Å². The maximum absolute atomic E-state index is 12.4. The number of rotatable bonds is 4. The SMILES string of the molecule is C/C(=N\NC(=O)Cn1c(=O)c(C)nc2ccccc21)c1ccc(Cl)cc1. The molecule has 0 saturated heterocycles. The van der Waals surface area contributed by atoms with Crippen LogP contribution in [0.3, 0.4) is 0 Å². The second kappa shape index (κ2) is 7.49. The number of nitrogens with zero attached hydrogens (tertiary/aromatic N) is 3. The molecule has 0 fully saturated rings. The molecular formula is C19H17ClN4O2. The minimum atomic E-state index is -0.392. The molecule has 0 aliphatic heterocycles. The number of nitrogens with one attached hydrogen (secondary N) is 1. The van der Waals surface area contributed by atoms with Crippen molar-refractivity contribution >= 4 is 34.3 Å². The molecule has 0 aliphatic carbocycles. The number of hydrazone groups is 1. The van der Waals surface area contributed by atoms with E-state index in [0.29, 0.717) is 27.5 Å². The summed E-state index contributed by atoms with van der Waals surface area (Å²) in [5.41, 5.74) is 5.30. The second-order valence-electron chi connectivity index (χ2n) is 5.82. The van der Waals surface area contributed by atoms with Crippen molar-refractivity contribution in [3.05, 3.63) is 75.2 Å². The summed E-state index contributed by atoms with van der Waals surface area (Å²) >= 11 is 5.86. The lowest BCUT2D eigenvalue weighted by Gasteiger charge is -2.10. The largest absolute Gasteiger partial charge is 0.296 e. The van der Waals surface area contributed by atoms with Gasteiger partial charge in [-0.15, -0.1) is 0 Å². The first-order chi connectivity index (χ1) is 12.5. The lowest BCUT2D eigenvalue weighted by atomic mass is 10.1. The molecular weight excluding hydrogens is 352 g/mol. The van der Waals surface area contributed by atoms with E-state index in [2.05, 4.69) is 15.5 Å². The van der Waals surface area contributed by atoms with E-state index in [1.807, 2.05) is 18.2 Å². The first kappa shape index (κ1) is 17.8. The number of hydrogen-bond donors (Lipinski definition) is 1. The Balaban J connectivity index is 1.81. The topological polar surface area (TPSA) is 76.3 Å². The van der Waals surface area contributed by atoms with Crippen LogP contribution in [0, 0.1) is 6.92 Å². The van der Waals surface area contributed by atoms with Crippen molar-refractivity contribution in [2.24, 2.45) is 5.10 Å². The molecule has 7 heteroatoms. The van der Waals surface area contributed by atoms with Crippen LogP contribution in [0.1, 0.15) is 18.2 Å². The predicted molar refractivity (Wildman–Crippen MR) is 103 cm³/mol. The van der Waals surface area contributed by atoms with Crippen LogP contribution >= 0.6 is 11.6 Å². The Bertz CT molecular complexity index is 1060. The number of para-hydroxylation sites is 2. The highest BCUT2D eigenvalue weighted by molar-refractivity contribution is 6.30. The van der Waals surface area contributed by atoms with Gasteiger partial charge in [-0.2, -0.15) is 5.10 Å². The van der Waals surface area contributed by atoms with Crippen molar-refractivity contribution in [2.45, 2.75) is 20.4 Å². The van der Waals surface area contributed by atoms with Gasteiger partial charge in [0.25, 0.3) is 11.5 Å². The number of aromatic nitrogens is 2. The van der Waals surface area contributed by atoms with E-state index in [1.165, 1.54) is 4.57 Å². The fourth-order valence-electron chi connectivity index (χ4n) is 2.56. The summed E-state index contributed by atoms with van der Waals surface area (Å²) in [6, 6.07) is 14.3. The van der Waals surface area contributed by atoms with Crippen LogP contribution in [0.25, 0.3) is 11.0 Å². The molecule has 132 valence electrons. The number of carbonyl (C=O) groups excluding carboxylic acids is 1. The predicted octanol–water partition coefficient (Wildman–Crippen LogP) is 2.90. The average molecular weight is 369 g/mol. The summed E-state index contributed by atoms with van der Waals surface area (Å²) in [5.74, 6) is -0.392. The monoisotopic (exact) mass is 368 g/mol. The molecule has 0 bridgehead atoms. The van der Waals surface area contributed by atoms with Gasteiger partial charge >= 0.3 is 0 Å². The van der Waals surface area contributed by atoms with Gasteiger partial charge in [-0.05, 0) is 43.7 Å². The zero-order chi connectivity index (χ0) is 18.7. The third-order valence-corrected chi connectivity index (χ3v) is 4.18. The number of aryl methyl sites for hydroxylation is 1. The zero-order valence-corrected chi connectivity index (χ0v) is 15.1. The van der Waals surface area contributed by atoms with Crippen LogP contribution in [0.2, 0.25) is 5.02 Å². The van der Waals surface area contributed by atoms with E-state index >= 15 is 0 Å². The Morgan fingerprint density at radius 2 is 1.88 bits per heavy atom. The minimum Gasteiger partial charge on any atom is -0.296 e. The van der Waals surface area contributed by atoms with Gasteiger partial charge in [0.2, 0.25) is 0 Å². The van der Waals surface area contributed by atoms with E-state index in [1.54, 1.807) is 44.2 Å². The van der Waals surface area contributed by atoms with E-state index < -0.39 is 5.91 Å². The summed E-state index contributed by atoms with van der Waals surface area (Å²) in [6.45, 7) is 3.27. The van der Waals surface area contributed by atoms with Crippen molar-refractivity contribution in [3.63, 3.8) is 0 Å². The van der Waals surface area contributed by atoms with Gasteiger partial charge in [-0.3, -0.25) is 14.2 Å². The van der Waals surface area contributed by atoms with Crippen molar-refractivity contribution in [1.82, 2.24) is 15.0 Å². The second-order valence-corrected chi connectivity index (χ2v) is 6.25. The van der Waals surface area contributed by atoms with Crippen molar-refractivity contribution < 1.29 is 4.79 Å². The number of halogens is 1. The Hall–Kier alpha value is -2.99. The summed E-state index contributed by atoms with van der Waals surface area (Å²) in [4.78, 5) is 28.9. The molecule has 0 radical (unpaired) electrons. The summed E-state index contributed by atoms with van der Waals surface area (Å²) in [7, 11) is 0. The lowest BCUT2D eigenvalue weighted by molar-refractivity contribution is -0.121. The maximum atomic E-state index is 12.4. The zero-order valence-electron chi connectivity index (χ0n) is 14.4. The summed E-state index contributed by atoms with van der Waals surface area (Å²) in [6.07, 6.45) is 0. The Morgan fingerprint density at radius 3 is 2.62 bits per heavy atom. The molecule has 0 atom stereocenters. The van der Waals surface area contributed by atoms with Crippen LogP contribution in [-0.2, 0) is 11.3 Å². The highest BCUT2D eigenvalue weighted by Gasteiger charge is 2.11. The standard InChI is InChI=1S/C19H17ClN4O2/c1-12(14-7-9-15(20)10-8-14)22-23-18(25)11-24-17-6-4-3-5-16(17)21-13(2)19(24)26/h3-10H,11H2,1-2H3,(H,23,25)/b22-12+. The van der Waals surface area contributed by atoms with Crippen LogP contribution < -0.4 is 11.0 Å². The quantitative estimate of drug-likeness (QED) is 0.568. The summed E-state index contributed by atoms with van der Waals surface area (Å²) < 4.78 is 1.40. The van der Waals surface area contributed by atoms with Gasteiger partial charge in [0.1, 0.15) is 12.2 Å². The number of benzene rings is 2. The number of carbonyl (C=O) groups is 1.